The molecular formula is C22H27F3N4O. The Bertz CT molecular complexity index is 925. The van der Waals surface area contributed by atoms with Gasteiger partial charge < -0.3 is 15.7 Å². The number of piperidine rings is 1. The van der Waals surface area contributed by atoms with E-state index >= 15 is 0 Å². The Morgan fingerprint density at radius 3 is 2.37 bits per heavy atom. The van der Waals surface area contributed by atoms with Crippen LogP contribution in [0.2, 0.25) is 0 Å². The molecule has 1 aromatic carbocycles. The van der Waals surface area contributed by atoms with Crippen LogP contribution >= 0.6 is 0 Å². The van der Waals surface area contributed by atoms with Crippen LogP contribution in [-0.4, -0.2) is 46.4 Å². The Morgan fingerprint density at radius 2 is 1.87 bits per heavy atom. The van der Waals surface area contributed by atoms with Gasteiger partial charge in [0.15, 0.2) is 0 Å². The Hall–Kier alpha value is -2.61. The summed E-state index contributed by atoms with van der Waals surface area (Å²) in [5, 5.41) is 10.2. The number of anilines is 1. The van der Waals surface area contributed by atoms with E-state index in [1.807, 2.05) is 13.8 Å². The predicted octanol–water partition coefficient (Wildman–Crippen LogP) is 4.66. The number of halogens is 3. The van der Waals surface area contributed by atoms with Crippen LogP contribution in [0, 0.1) is 6.92 Å². The van der Waals surface area contributed by atoms with Crippen LogP contribution < -0.4 is 5.73 Å². The predicted molar refractivity (Wildman–Crippen MR) is 113 cm³/mol. The molecule has 162 valence electrons. The first-order valence-corrected chi connectivity index (χ1v) is 10.1. The van der Waals surface area contributed by atoms with Crippen LogP contribution in [0.15, 0.2) is 29.3 Å². The highest BCUT2D eigenvalue weighted by atomic mass is 19.4. The van der Waals surface area contributed by atoms with E-state index in [9.17, 15) is 18.3 Å². The number of aromatic nitrogens is 1. The van der Waals surface area contributed by atoms with Crippen LogP contribution in [0.25, 0.3) is 11.3 Å². The molecule has 0 saturated carbocycles. The third kappa shape index (κ3) is 4.28. The topological polar surface area (TPSA) is 74.7 Å². The lowest BCUT2D eigenvalue weighted by Crippen LogP contribution is -2.24. The van der Waals surface area contributed by atoms with Crippen LogP contribution in [0.5, 0.6) is 5.75 Å². The van der Waals surface area contributed by atoms with Crippen molar-refractivity contribution in [1.82, 2.24) is 9.88 Å². The highest BCUT2D eigenvalue weighted by Crippen LogP contribution is 2.39. The summed E-state index contributed by atoms with van der Waals surface area (Å²) in [6, 6.07) is 5.07. The molecule has 2 aliphatic heterocycles. The van der Waals surface area contributed by atoms with Gasteiger partial charge in [0, 0.05) is 37.0 Å². The first-order chi connectivity index (χ1) is 14.2. The van der Waals surface area contributed by atoms with Gasteiger partial charge in [0.2, 0.25) is 0 Å². The molecule has 0 aliphatic carbocycles. The number of aromatic hydroxyl groups is 1. The Kier molecular flexibility index (Phi) is 6.08. The molecular weight excluding hydrogens is 393 g/mol. The fraction of sp³-hybridized carbons (Fsp3) is 0.455. The fourth-order valence-electron chi connectivity index (χ4n) is 4.08. The van der Waals surface area contributed by atoms with Gasteiger partial charge in [0.25, 0.3) is 0 Å². The lowest BCUT2D eigenvalue weighted by atomic mass is 9.96. The van der Waals surface area contributed by atoms with Gasteiger partial charge in [-0.25, -0.2) is 4.98 Å². The molecule has 3 heterocycles. The smallest absolute Gasteiger partial charge is 0.416 e. The standard InChI is InChI=1S/C20H21F3N4O.C2H6/c1-12-8-14(20(21,22)23)9-16(28)17(12)15-3-2-13(18(24)26-15)10-25-19-4-6-27(11-19)7-5-19;1-2/h2-3,8-10,28H,4-7,11H2,1H3,(H2,24,26);1-2H3. The maximum absolute atomic E-state index is 12.9. The van der Waals surface area contributed by atoms with Crippen LogP contribution in [0.4, 0.5) is 19.0 Å². The molecule has 2 bridgehead atoms. The molecule has 1 aromatic heterocycles. The van der Waals surface area contributed by atoms with Gasteiger partial charge in [-0.15, -0.1) is 0 Å². The van der Waals surface area contributed by atoms with Crippen LogP contribution in [-0.2, 0) is 6.18 Å². The number of aryl methyl sites for hydroxylation is 1. The molecule has 0 unspecified atom stereocenters. The number of alkyl halides is 3. The average Bonchev–Trinajstić information content (AvgIpc) is 3.29. The Morgan fingerprint density at radius 1 is 1.20 bits per heavy atom. The normalized spacial score (nSPS) is 22.9. The Labute approximate surface area is 174 Å². The van der Waals surface area contributed by atoms with Crippen molar-refractivity contribution in [3.8, 4) is 17.0 Å². The summed E-state index contributed by atoms with van der Waals surface area (Å²) in [4.78, 5) is 11.4. The number of fused-ring (bicyclic) bond motifs is 2. The van der Waals surface area contributed by atoms with Crippen molar-refractivity contribution >= 4 is 12.0 Å². The molecule has 3 N–H and O–H groups in total. The number of hydrogen-bond donors (Lipinski definition) is 2. The lowest BCUT2D eigenvalue weighted by molar-refractivity contribution is -0.137. The summed E-state index contributed by atoms with van der Waals surface area (Å²) in [5.41, 5.74) is 6.63. The highest BCUT2D eigenvalue weighted by molar-refractivity contribution is 5.87. The zero-order valence-corrected chi connectivity index (χ0v) is 17.4. The summed E-state index contributed by atoms with van der Waals surface area (Å²) in [6.45, 7) is 8.60. The maximum atomic E-state index is 12.9. The first-order valence-electron chi connectivity index (χ1n) is 10.1. The molecule has 2 saturated heterocycles. The number of benzene rings is 1. The first kappa shape index (κ1) is 22.1. The van der Waals surface area contributed by atoms with Crippen molar-refractivity contribution in [1.29, 1.82) is 0 Å². The second-order valence-electron chi connectivity index (χ2n) is 7.61. The van der Waals surface area contributed by atoms with Gasteiger partial charge in [-0.2, -0.15) is 13.2 Å². The van der Waals surface area contributed by atoms with E-state index in [-0.39, 0.29) is 22.5 Å². The van der Waals surface area contributed by atoms with Gasteiger partial charge in [-0.1, -0.05) is 13.8 Å². The van der Waals surface area contributed by atoms with E-state index in [0.717, 1.165) is 38.5 Å². The number of phenolic OH excluding ortho intramolecular Hbond substituents is 1. The fourth-order valence-corrected chi connectivity index (χ4v) is 4.08. The second-order valence-corrected chi connectivity index (χ2v) is 7.61. The highest BCUT2D eigenvalue weighted by Gasteiger charge is 2.43. The zero-order valence-electron chi connectivity index (χ0n) is 17.4. The molecule has 0 amide bonds. The third-order valence-corrected chi connectivity index (χ3v) is 5.64. The SMILES string of the molecule is CC.Cc1cc(C(F)(F)F)cc(O)c1-c1ccc(C=NC23CCN(CC2)C3)c(N)n1. The summed E-state index contributed by atoms with van der Waals surface area (Å²) in [6.07, 6.45) is -0.718. The van der Waals surface area contributed by atoms with Crippen molar-refractivity contribution in [3.05, 3.63) is 41.0 Å². The average molecular weight is 420 g/mol. The number of nitrogens with two attached hydrogens (primary N) is 1. The number of nitrogens with zero attached hydrogens (tertiary/aromatic N) is 3. The Balaban J connectivity index is 0.00000124. The number of phenols is 1. The van der Waals surface area contributed by atoms with Crippen molar-refractivity contribution in [3.63, 3.8) is 0 Å². The van der Waals surface area contributed by atoms with Crippen molar-refractivity contribution in [2.75, 3.05) is 25.4 Å². The summed E-state index contributed by atoms with van der Waals surface area (Å²) in [7, 11) is 0. The molecule has 30 heavy (non-hydrogen) atoms. The molecule has 2 fully saturated rings. The number of aliphatic imine (C=N–C) groups is 1. The number of rotatable bonds is 3. The molecule has 2 aliphatic rings. The van der Waals surface area contributed by atoms with E-state index in [2.05, 4.69) is 9.88 Å². The largest absolute Gasteiger partial charge is 0.507 e. The molecule has 8 heteroatoms. The minimum atomic E-state index is -4.52. The van der Waals surface area contributed by atoms with Gasteiger partial charge >= 0.3 is 6.18 Å². The zero-order chi connectivity index (χ0) is 22.1. The van der Waals surface area contributed by atoms with Crippen molar-refractivity contribution < 1.29 is 18.3 Å². The van der Waals surface area contributed by atoms with Crippen LogP contribution in [0.3, 0.4) is 0 Å². The lowest BCUT2D eigenvalue weighted by Gasteiger charge is -2.19. The number of pyridine rings is 1. The quantitative estimate of drug-likeness (QED) is 0.709. The summed E-state index contributed by atoms with van der Waals surface area (Å²) < 4.78 is 38.7. The number of hydrogen-bond acceptors (Lipinski definition) is 5. The maximum Gasteiger partial charge on any atom is 0.416 e. The minimum Gasteiger partial charge on any atom is -0.507 e. The van der Waals surface area contributed by atoms with Gasteiger partial charge in [0.1, 0.15) is 11.6 Å². The molecule has 0 atom stereocenters. The van der Waals surface area contributed by atoms with Crippen molar-refractivity contribution in [2.45, 2.75) is 45.3 Å². The molecule has 4 rings (SSSR count). The minimum absolute atomic E-state index is 0.0343. The van der Waals surface area contributed by atoms with E-state index in [1.54, 1.807) is 18.3 Å². The number of nitrogen functional groups attached to an aromatic ring is 1. The van der Waals surface area contributed by atoms with E-state index in [4.69, 9.17) is 10.7 Å². The molecule has 0 radical (unpaired) electrons. The van der Waals surface area contributed by atoms with E-state index < -0.39 is 17.5 Å². The van der Waals surface area contributed by atoms with Crippen molar-refractivity contribution in [2.24, 2.45) is 4.99 Å². The summed E-state index contributed by atoms with van der Waals surface area (Å²) in [5.74, 6) is -0.249. The third-order valence-electron chi connectivity index (χ3n) is 5.64. The molecule has 5 nitrogen and oxygen atoms in total. The van der Waals surface area contributed by atoms with Gasteiger partial charge in [-0.3, -0.25) is 4.99 Å². The van der Waals surface area contributed by atoms with Crippen LogP contribution in [0.1, 0.15) is 43.4 Å². The van der Waals surface area contributed by atoms with E-state index in [0.29, 0.717) is 17.3 Å². The second kappa shape index (κ2) is 8.26. The monoisotopic (exact) mass is 420 g/mol. The van der Waals surface area contributed by atoms with Gasteiger partial charge in [-0.05, 0) is 49.6 Å². The molecule has 2 aromatic rings. The summed E-state index contributed by atoms with van der Waals surface area (Å²) >= 11 is 0. The van der Waals surface area contributed by atoms with E-state index in [1.165, 1.54) is 6.92 Å². The van der Waals surface area contributed by atoms with Gasteiger partial charge in [0.05, 0.1) is 16.8 Å². The molecule has 0 spiro atoms.